The van der Waals surface area contributed by atoms with E-state index in [0.717, 1.165) is 29.8 Å². The van der Waals surface area contributed by atoms with Crippen molar-refractivity contribution >= 4 is 22.4 Å². The van der Waals surface area contributed by atoms with Crippen LogP contribution < -0.4 is 10.1 Å². The minimum absolute atomic E-state index is 0.214. The first kappa shape index (κ1) is 18.1. The maximum Gasteiger partial charge on any atom is 0.257 e. The van der Waals surface area contributed by atoms with Gasteiger partial charge in [0.25, 0.3) is 5.91 Å². The molecule has 0 atom stereocenters. The Bertz CT molecular complexity index is 849. The molecule has 0 aliphatic carbocycles. The summed E-state index contributed by atoms with van der Waals surface area (Å²) in [5.41, 5.74) is 1.61. The second kappa shape index (κ2) is 9.10. The van der Waals surface area contributed by atoms with E-state index in [9.17, 15) is 4.79 Å². The maximum absolute atomic E-state index is 12.4. The van der Waals surface area contributed by atoms with E-state index in [4.69, 9.17) is 4.74 Å². The number of hydrogen-bond acceptors (Lipinski definition) is 5. The lowest BCUT2D eigenvalue weighted by atomic mass is 10.2. The maximum atomic E-state index is 12.4. The number of benzene rings is 2. The Balaban J connectivity index is 1.60. The lowest BCUT2D eigenvalue weighted by Gasteiger charge is -2.08. The van der Waals surface area contributed by atoms with Gasteiger partial charge in [-0.05, 0) is 30.2 Å². The highest BCUT2D eigenvalue weighted by Crippen LogP contribution is 2.20. The third kappa shape index (κ3) is 5.13. The first-order valence-electron chi connectivity index (χ1n) is 8.65. The van der Waals surface area contributed by atoms with Crippen LogP contribution in [0.3, 0.4) is 0 Å². The zero-order valence-corrected chi connectivity index (χ0v) is 15.5. The molecule has 1 heterocycles. The summed E-state index contributed by atoms with van der Waals surface area (Å²) in [5, 5.41) is 12.4. The van der Waals surface area contributed by atoms with E-state index in [1.165, 1.54) is 11.3 Å². The smallest absolute Gasteiger partial charge is 0.257 e. The summed E-state index contributed by atoms with van der Waals surface area (Å²) in [6.45, 7) is 2.60. The Morgan fingerprint density at radius 3 is 2.77 bits per heavy atom. The van der Waals surface area contributed by atoms with Crippen LogP contribution in [-0.2, 0) is 13.0 Å². The number of carbonyl (C=O) groups is 1. The van der Waals surface area contributed by atoms with Crippen LogP contribution >= 0.6 is 11.3 Å². The molecule has 1 N–H and O–H groups in total. The zero-order valence-electron chi connectivity index (χ0n) is 14.6. The van der Waals surface area contributed by atoms with Gasteiger partial charge in [-0.2, -0.15) is 0 Å². The number of nitrogens with one attached hydrogen (secondary N) is 1. The minimum Gasteiger partial charge on any atom is -0.489 e. The van der Waals surface area contributed by atoms with Gasteiger partial charge >= 0.3 is 0 Å². The molecule has 0 saturated heterocycles. The predicted molar refractivity (Wildman–Crippen MR) is 104 cm³/mol. The van der Waals surface area contributed by atoms with E-state index in [1.807, 2.05) is 42.5 Å². The van der Waals surface area contributed by atoms with Crippen molar-refractivity contribution in [2.24, 2.45) is 0 Å². The molecular formula is C20H21N3O2S. The van der Waals surface area contributed by atoms with Gasteiger partial charge in [0.15, 0.2) is 0 Å². The zero-order chi connectivity index (χ0) is 18.2. The molecule has 1 amide bonds. The van der Waals surface area contributed by atoms with E-state index in [-0.39, 0.29) is 5.91 Å². The summed E-state index contributed by atoms with van der Waals surface area (Å²) in [7, 11) is 0. The van der Waals surface area contributed by atoms with Gasteiger partial charge in [0.05, 0.1) is 0 Å². The average molecular weight is 367 g/mol. The van der Waals surface area contributed by atoms with Crippen LogP contribution in [0.15, 0.2) is 54.6 Å². The van der Waals surface area contributed by atoms with Gasteiger partial charge in [0.2, 0.25) is 5.13 Å². The highest BCUT2D eigenvalue weighted by Gasteiger charge is 2.11. The van der Waals surface area contributed by atoms with Crippen molar-refractivity contribution < 1.29 is 9.53 Å². The molecule has 26 heavy (non-hydrogen) atoms. The van der Waals surface area contributed by atoms with Crippen molar-refractivity contribution in [3.8, 4) is 5.75 Å². The number of nitrogens with zero attached hydrogens (tertiary/aromatic N) is 2. The molecule has 0 fully saturated rings. The number of ether oxygens (including phenoxy) is 1. The molecule has 2 aromatic carbocycles. The van der Waals surface area contributed by atoms with Gasteiger partial charge in [-0.15, -0.1) is 10.2 Å². The summed E-state index contributed by atoms with van der Waals surface area (Å²) in [4.78, 5) is 12.4. The molecule has 6 heteroatoms. The number of aromatic nitrogens is 2. The summed E-state index contributed by atoms with van der Waals surface area (Å²) in [6.07, 6.45) is 3.08. The molecule has 0 aliphatic heterocycles. The van der Waals surface area contributed by atoms with Crippen LogP contribution in [0.1, 0.15) is 40.7 Å². The fourth-order valence-electron chi connectivity index (χ4n) is 2.37. The van der Waals surface area contributed by atoms with E-state index < -0.39 is 0 Å². The van der Waals surface area contributed by atoms with Crippen molar-refractivity contribution in [3.63, 3.8) is 0 Å². The summed E-state index contributed by atoms with van der Waals surface area (Å²) < 4.78 is 5.78. The molecule has 1 aromatic heterocycles. The van der Waals surface area contributed by atoms with E-state index >= 15 is 0 Å². The molecular weight excluding hydrogens is 346 g/mol. The topological polar surface area (TPSA) is 64.1 Å². The minimum atomic E-state index is -0.214. The number of carbonyl (C=O) groups excluding carboxylic acids is 1. The van der Waals surface area contributed by atoms with Gasteiger partial charge in [0, 0.05) is 12.0 Å². The third-order valence-electron chi connectivity index (χ3n) is 3.78. The molecule has 0 spiro atoms. The number of unbranched alkanes of at least 4 members (excludes halogenated alkanes) is 1. The lowest BCUT2D eigenvalue weighted by molar-refractivity contribution is 0.102. The SMILES string of the molecule is CCCCc1nnc(NC(=O)c2cccc(OCc3ccccc3)c2)s1. The van der Waals surface area contributed by atoms with Crippen LogP contribution in [0.4, 0.5) is 5.13 Å². The number of aryl methyl sites for hydroxylation is 1. The van der Waals surface area contributed by atoms with Crippen molar-refractivity contribution in [2.45, 2.75) is 32.8 Å². The molecule has 0 aliphatic rings. The largest absolute Gasteiger partial charge is 0.489 e. The van der Waals surface area contributed by atoms with Crippen LogP contribution in [0, 0.1) is 0 Å². The van der Waals surface area contributed by atoms with Crippen LogP contribution in [-0.4, -0.2) is 16.1 Å². The molecule has 0 unspecified atom stereocenters. The third-order valence-corrected chi connectivity index (χ3v) is 4.67. The number of rotatable bonds is 8. The molecule has 0 bridgehead atoms. The van der Waals surface area contributed by atoms with E-state index in [0.29, 0.717) is 23.1 Å². The summed E-state index contributed by atoms with van der Waals surface area (Å²) >= 11 is 1.42. The lowest BCUT2D eigenvalue weighted by Crippen LogP contribution is -2.11. The normalized spacial score (nSPS) is 10.5. The fourth-order valence-corrected chi connectivity index (χ4v) is 3.15. The van der Waals surface area contributed by atoms with E-state index in [1.54, 1.807) is 12.1 Å². The Labute approximate surface area is 157 Å². The molecule has 134 valence electrons. The van der Waals surface area contributed by atoms with Crippen molar-refractivity contribution in [2.75, 3.05) is 5.32 Å². The molecule has 0 saturated carbocycles. The fraction of sp³-hybridized carbons (Fsp3) is 0.250. The van der Waals surface area contributed by atoms with Crippen molar-refractivity contribution in [3.05, 3.63) is 70.7 Å². The van der Waals surface area contributed by atoms with Gasteiger partial charge in [-0.3, -0.25) is 10.1 Å². The van der Waals surface area contributed by atoms with Gasteiger partial charge in [-0.25, -0.2) is 0 Å². The number of amides is 1. The Morgan fingerprint density at radius 2 is 1.96 bits per heavy atom. The second-order valence-corrected chi connectivity index (χ2v) is 6.92. The average Bonchev–Trinajstić information content (AvgIpc) is 3.13. The molecule has 0 radical (unpaired) electrons. The monoisotopic (exact) mass is 367 g/mol. The number of hydrogen-bond donors (Lipinski definition) is 1. The molecule has 5 nitrogen and oxygen atoms in total. The van der Waals surface area contributed by atoms with E-state index in [2.05, 4.69) is 22.4 Å². The second-order valence-electron chi connectivity index (χ2n) is 5.86. The standard InChI is InChI=1S/C20H21N3O2S/c1-2-3-12-18-22-23-20(26-18)21-19(24)16-10-7-11-17(13-16)25-14-15-8-5-4-6-9-15/h4-11,13H,2-3,12,14H2,1H3,(H,21,23,24). The molecule has 3 rings (SSSR count). The van der Waals surface area contributed by atoms with Crippen molar-refractivity contribution in [1.82, 2.24) is 10.2 Å². The quantitative estimate of drug-likeness (QED) is 0.626. The summed E-state index contributed by atoms with van der Waals surface area (Å²) in [5.74, 6) is 0.441. The number of anilines is 1. The van der Waals surface area contributed by atoms with Gasteiger partial charge in [-0.1, -0.05) is 61.1 Å². The van der Waals surface area contributed by atoms with Crippen LogP contribution in [0.25, 0.3) is 0 Å². The highest BCUT2D eigenvalue weighted by molar-refractivity contribution is 7.15. The highest BCUT2D eigenvalue weighted by atomic mass is 32.1. The Kier molecular flexibility index (Phi) is 6.33. The summed E-state index contributed by atoms with van der Waals surface area (Å²) in [6, 6.07) is 17.1. The van der Waals surface area contributed by atoms with Crippen molar-refractivity contribution in [1.29, 1.82) is 0 Å². The van der Waals surface area contributed by atoms with Gasteiger partial charge in [0.1, 0.15) is 17.4 Å². The molecule has 3 aromatic rings. The first-order chi connectivity index (χ1) is 12.7. The van der Waals surface area contributed by atoms with Crippen LogP contribution in [0.5, 0.6) is 5.75 Å². The first-order valence-corrected chi connectivity index (χ1v) is 9.47. The van der Waals surface area contributed by atoms with Gasteiger partial charge < -0.3 is 4.74 Å². The Morgan fingerprint density at radius 1 is 1.12 bits per heavy atom. The van der Waals surface area contributed by atoms with Crippen LogP contribution in [0.2, 0.25) is 0 Å². The predicted octanol–water partition coefficient (Wildman–Crippen LogP) is 4.71. The Hall–Kier alpha value is -2.73.